The number of nitrogens with zero attached hydrogens (tertiary/aromatic N) is 5. The van der Waals surface area contributed by atoms with Crippen molar-refractivity contribution in [2.24, 2.45) is 5.11 Å². The summed E-state index contributed by atoms with van der Waals surface area (Å²) in [6, 6.07) is 8.48. The van der Waals surface area contributed by atoms with E-state index in [1.165, 1.54) is 22.3 Å². The monoisotopic (exact) mass is 607 g/mol. The predicted octanol–water partition coefficient (Wildman–Crippen LogP) is 7.06. The summed E-state index contributed by atoms with van der Waals surface area (Å²) in [5.74, 6) is 3.44. The maximum absolute atomic E-state index is 7.73. The number of benzene rings is 3. The van der Waals surface area contributed by atoms with Crippen molar-refractivity contribution < 1.29 is 23.7 Å². The van der Waals surface area contributed by atoms with Gasteiger partial charge in [0.1, 0.15) is 5.56 Å². The number of rotatable bonds is 4. The van der Waals surface area contributed by atoms with Crippen molar-refractivity contribution in [2.75, 3.05) is 14.2 Å². The lowest BCUT2D eigenvalue weighted by atomic mass is 9.72. The van der Waals surface area contributed by atoms with Crippen LogP contribution in [-0.2, 0) is 16.2 Å². The third kappa shape index (κ3) is 3.81. The van der Waals surface area contributed by atoms with E-state index in [0.29, 0.717) is 45.7 Å². The van der Waals surface area contributed by atoms with E-state index in [9.17, 15) is 0 Å². The van der Waals surface area contributed by atoms with Crippen molar-refractivity contribution in [2.45, 2.75) is 70.6 Å². The molecular weight excluding hydrogens is 572 g/mol. The number of hydrogen-bond donors (Lipinski definition) is 3. The minimum Gasteiger partial charge on any atom is -0.493 e. The number of H-pyrrole nitrogens is 1. The molecule has 2 heterocycles. The van der Waals surface area contributed by atoms with E-state index in [0.717, 1.165) is 29.7 Å². The molecule has 0 saturated carbocycles. The van der Waals surface area contributed by atoms with Crippen LogP contribution >= 0.6 is 0 Å². The number of aromatic amines is 1. The highest BCUT2D eigenvalue weighted by molar-refractivity contribution is 6.02. The second-order valence-corrected chi connectivity index (χ2v) is 13.4. The zero-order valence-corrected chi connectivity index (χ0v) is 26.6. The van der Waals surface area contributed by atoms with E-state index in [4.69, 9.17) is 30.0 Å². The Bertz CT molecular complexity index is 1990. The number of tetrazole rings is 1. The van der Waals surface area contributed by atoms with Crippen LogP contribution in [0.4, 0.5) is 0 Å². The summed E-state index contributed by atoms with van der Waals surface area (Å²) in [5, 5.41) is 18.3. The molecule has 0 radical (unpaired) electrons. The maximum atomic E-state index is 7.73. The Morgan fingerprint density at radius 2 is 1.42 bits per heavy atom. The van der Waals surface area contributed by atoms with Gasteiger partial charge in [-0.2, -0.15) is 5.21 Å². The zero-order valence-electron chi connectivity index (χ0n) is 26.6. The Kier molecular flexibility index (Phi) is 6.02. The lowest BCUT2D eigenvalue weighted by Crippen LogP contribution is -2.27. The molecule has 7 rings (SSSR count). The number of hydrogen-bond acceptors (Lipinski definition) is 9. The second-order valence-electron chi connectivity index (χ2n) is 13.4. The molecule has 1 atom stereocenters. The van der Waals surface area contributed by atoms with Gasteiger partial charge in [-0.25, -0.2) is 0 Å². The van der Waals surface area contributed by atoms with Crippen LogP contribution in [0.25, 0.3) is 11.4 Å². The number of nitrogens with one attached hydrogen (secondary N) is 3. The number of amidine groups is 1. The molecule has 3 N–H and O–H groups in total. The van der Waals surface area contributed by atoms with Crippen LogP contribution in [0.1, 0.15) is 79.5 Å². The quantitative estimate of drug-likeness (QED) is 0.0851. The molecule has 0 fully saturated rings. The molecule has 230 valence electrons. The van der Waals surface area contributed by atoms with Gasteiger partial charge in [-0.15, -0.1) is 10.2 Å². The summed E-state index contributed by atoms with van der Waals surface area (Å²) in [5.41, 5.74) is 22.2. The van der Waals surface area contributed by atoms with Crippen molar-refractivity contribution in [1.29, 1.82) is 11.1 Å². The fourth-order valence-corrected chi connectivity index (χ4v) is 8.10. The van der Waals surface area contributed by atoms with Crippen LogP contribution in [0, 0.1) is 24.9 Å². The highest BCUT2D eigenvalue weighted by Crippen LogP contribution is 2.66. The Morgan fingerprint density at radius 1 is 0.867 bits per heavy atom. The molecule has 0 amide bonds. The van der Waals surface area contributed by atoms with Crippen LogP contribution in [0.15, 0.2) is 29.4 Å². The molecular formula is C33H35N8O4+. The highest BCUT2D eigenvalue weighted by Gasteiger charge is 2.57. The Morgan fingerprint density at radius 3 is 1.98 bits per heavy atom. The van der Waals surface area contributed by atoms with Crippen molar-refractivity contribution in [3.63, 3.8) is 0 Å². The lowest BCUT2D eigenvalue weighted by molar-refractivity contribution is -0.120. The van der Waals surface area contributed by atoms with E-state index >= 15 is 0 Å². The van der Waals surface area contributed by atoms with Gasteiger partial charge < -0.3 is 18.9 Å². The molecule has 3 aromatic carbocycles. The highest BCUT2D eigenvalue weighted by atomic mass is 16.6. The van der Waals surface area contributed by atoms with Gasteiger partial charge in [-0.3, -0.25) is 0 Å². The lowest BCUT2D eigenvalue weighted by Gasteiger charge is -2.31. The molecule has 1 aromatic heterocycles. The van der Waals surface area contributed by atoms with Gasteiger partial charge in [0.25, 0.3) is 0 Å². The van der Waals surface area contributed by atoms with Crippen LogP contribution < -0.4 is 18.9 Å². The molecule has 1 unspecified atom stereocenters. The smallest absolute Gasteiger partial charge is 0.480 e. The van der Waals surface area contributed by atoms with Crippen LogP contribution in [-0.4, -0.2) is 45.5 Å². The summed E-state index contributed by atoms with van der Waals surface area (Å²) in [6.45, 7) is 12.9. The molecule has 4 aromatic rings. The third-order valence-corrected chi connectivity index (χ3v) is 9.99. The first kappa shape index (κ1) is 28.7. The number of aromatic nitrogens is 4. The number of ether oxygens (including phenoxy) is 4. The molecule has 2 aliphatic carbocycles. The Hall–Kier alpha value is -5.09. The summed E-state index contributed by atoms with van der Waals surface area (Å²) >= 11 is 0. The molecule has 0 bridgehead atoms. The Labute approximate surface area is 260 Å². The number of methoxy groups -OCH3 is 2. The summed E-state index contributed by atoms with van der Waals surface area (Å²) < 4.78 is 24.9. The van der Waals surface area contributed by atoms with Crippen LogP contribution in [0.5, 0.6) is 34.5 Å². The molecule has 45 heavy (non-hydrogen) atoms. The summed E-state index contributed by atoms with van der Waals surface area (Å²) in [7, 11) is 3.35. The van der Waals surface area contributed by atoms with E-state index in [1.807, 2.05) is 13.8 Å². The predicted molar refractivity (Wildman–Crippen MR) is 164 cm³/mol. The van der Waals surface area contributed by atoms with Crippen molar-refractivity contribution in [1.82, 2.24) is 20.6 Å². The van der Waals surface area contributed by atoms with E-state index in [-0.39, 0.29) is 22.1 Å². The molecule has 12 heteroatoms. The normalized spacial score (nSPS) is 19.4. The van der Waals surface area contributed by atoms with Gasteiger partial charge in [0.15, 0.2) is 34.5 Å². The largest absolute Gasteiger partial charge is 0.493 e. The third-order valence-electron chi connectivity index (χ3n) is 9.99. The van der Waals surface area contributed by atoms with Crippen molar-refractivity contribution in [3.8, 4) is 45.9 Å². The minimum atomic E-state index is -0.296. The van der Waals surface area contributed by atoms with Gasteiger partial charge in [-0.05, 0) is 106 Å². The van der Waals surface area contributed by atoms with Crippen LogP contribution in [0.3, 0.4) is 0 Å². The molecule has 0 saturated heterocycles. The summed E-state index contributed by atoms with van der Waals surface area (Å²) in [4.78, 5) is 3.53. The fraction of sp³-hybridized carbons (Fsp3) is 0.394. The zero-order chi connectivity index (χ0) is 32.1. The molecule has 3 aliphatic rings. The van der Waals surface area contributed by atoms with E-state index < -0.39 is 0 Å². The average molecular weight is 608 g/mol. The topological polar surface area (TPSA) is 166 Å². The second kappa shape index (κ2) is 9.45. The first-order valence-electron chi connectivity index (χ1n) is 14.8. The maximum Gasteiger partial charge on any atom is 0.480 e. The van der Waals surface area contributed by atoms with Gasteiger partial charge >= 0.3 is 5.84 Å². The van der Waals surface area contributed by atoms with Crippen LogP contribution in [0.2, 0.25) is 0 Å². The fourth-order valence-electron chi connectivity index (χ4n) is 8.10. The van der Waals surface area contributed by atoms with Gasteiger partial charge in [0.2, 0.25) is 5.82 Å². The van der Waals surface area contributed by atoms with Crippen molar-refractivity contribution in [3.05, 3.63) is 63.2 Å². The first-order valence-corrected chi connectivity index (χ1v) is 14.8. The average Bonchev–Trinajstić information content (AvgIpc) is 3.67. The Balaban J connectivity index is 1.48. The molecule has 1 spiro atoms. The van der Waals surface area contributed by atoms with Gasteiger partial charge in [-0.1, -0.05) is 38.0 Å². The molecule has 1 aliphatic heterocycles. The molecule has 12 nitrogen and oxygen atoms in total. The first-order chi connectivity index (χ1) is 21.4. The number of fused-ring (bicyclic) bond motifs is 6. The van der Waals surface area contributed by atoms with Gasteiger partial charge in [0.05, 0.1) is 24.9 Å². The summed E-state index contributed by atoms with van der Waals surface area (Å²) in [6.07, 6.45) is 1.80. The van der Waals surface area contributed by atoms with E-state index in [1.54, 1.807) is 14.2 Å². The minimum absolute atomic E-state index is 0.0897. The van der Waals surface area contributed by atoms with Gasteiger partial charge in [0, 0.05) is 5.41 Å². The standard InChI is InChI=1S/C33H34N8O4/c1-15-16(2)26(30-38-40-41-39-30)28-27(25(15)29(36-34)37-35)44-23-10-18-20(12-24(23)45-28)33(14-32(18,5)6)13-31(3,4)17-9-21(42-7)22(43-8)11-19(17)33/h9-12,34-35H,13-14H2,1-8H3/p+1. The van der Waals surface area contributed by atoms with E-state index in [2.05, 4.69) is 82.5 Å². The van der Waals surface area contributed by atoms with Crippen molar-refractivity contribution >= 4 is 5.84 Å². The SMILES string of the molecule is COc1cc2c(cc1OC)C1(CC2(C)C)CC(C)(C)c2cc3c(cc21)Oc1c(c(C(N=N)=[N+]=N)c(C)c(C)c1-c1nn[nH]n1)O3.